The number of carbonyl (C=O) groups is 1. The molecule has 5 heteroatoms. The predicted molar refractivity (Wildman–Crippen MR) is 85.9 cm³/mol. The highest BCUT2D eigenvalue weighted by atomic mass is 127. The third kappa shape index (κ3) is 3.54. The molecule has 0 bridgehead atoms. The Bertz CT molecular complexity index is 645. The van der Waals surface area contributed by atoms with Crippen molar-refractivity contribution in [2.75, 3.05) is 5.32 Å². The van der Waals surface area contributed by atoms with Crippen LogP contribution in [0.4, 0.5) is 10.1 Å². The van der Waals surface area contributed by atoms with E-state index in [1.54, 1.807) is 24.3 Å². The first-order valence-corrected chi connectivity index (χ1v) is 7.37. The van der Waals surface area contributed by atoms with E-state index in [2.05, 4.69) is 43.8 Å². The van der Waals surface area contributed by atoms with Gasteiger partial charge in [0.15, 0.2) is 0 Å². The van der Waals surface area contributed by atoms with Crippen LogP contribution >= 0.6 is 38.5 Å². The number of carbonyl (C=O) groups excluding carboxylic acids is 1. The molecule has 0 fully saturated rings. The fraction of sp³-hybridized carbons (Fsp3) is 0.0714. The average molecular weight is 434 g/mol. The number of amides is 1. The molecule has 2 nitrogen and oxygen atoms in total. The molecule has 0 aliphatic heterocycles. The van der Waals surface area contributed by atoms with Gasteiger partial charge in [-0.15, -0.1) is 0 Å². The van der Waals surface area contributed by atoms with Crippen molar-refractivity contribution in [1.82, 2.24) is 0 Å². The number of aryl methyl sites for hydroxylation is 1. The quantitative estimate of drug-likeness (QED) is 0.680. The van der Waals surface area contributed by atoms with Gasteiger partial charge in [-0.25, -0.2) is 4.39 Å². The number of rotatable bonds is 2. The zero-order valence-electron chi connectivity index (χ0n) is 10.0. The molecule has 2 rings (SSSR count). The molecule has 0 spiro atoms. The molecule has 2 aromatic rings. The highest BCUT2D eigenvalue weighted by molar-refractivity contribution is 14.1. The molecule has 2 aromatic carbocycles. The second-order valence-electron chi connectivity index (χ2n) is 4.06. The first-order valence-electron chi connectivity index (χ1n) is 5.50. The van der Waals surface area contributed by atoms with E-state index in [9.17, 15) is 9.18 Å². The van der Waals surface area contributed by atoms with Crippen molar-refractivity contribution < 1.29 is 9.18 Å². The number of anilines is 1. The molecule has 0 aromatic heterocycles. The van der Waals surface area contributed by atoms with Gasteiger partial charge >= 0.3 is 0 Å². The fourth-order valence-electron chi connectivity index (χ4n) is 1.60. The van der Waals surface area contributed by atoms with Crippen LogP contribution < -0.4 is 5.32 Å². The molecule has 0 aliphatic rings. The van der Waals surface area contributed by atoms with Crippen LogP contribution in [0.1, 0.15) is 15.9 Å². The number of hydrogen-bond acceptors (Lipinski definition) is 1. The summed E-state index contributed by atoms with van der Waals surface area (Å²) in [5.41, 5.74) is 1.56. The highest BCUT2D eigenvalue weighted by Crippen LogP contribution is 2.22. The topological polar surface area (TPSA) is 29.1 Å². The van der Waals surface area contributed by atoms with Crippen LogP contribution in [-0.4, -0.2) is 5.91 Å². The Morgan fingerprint density at radius 1 is 1.26 bits per heavy atom. The van der Waals surface area contributed by atoms with Crippen molar-refractivity contribution in [3.8, 4) is 0 Å². The van der Waals surface area contributed by atoms with Crippen LogP contribution in [0.3, 0.4) is 0 Å². The minimum absolute atomic E-state index is 0.191. The second kappa shape index (κ2) is 6.00. The van der Waals surface area contributed by atoms with E-state index in [0.717, 1.165) is 9.13 Å². The second-order valence-corrected chi connectivity index (χ2v) is 6.16. The van der Waals surface area contributed by atoms with Crippen molar-refractivity contribution in [3.05, 3.63) is 61.4 Å². The summed E-state index contributed by atoms with van der Waals surface area (Å²) >= 11 is 5.44. The maximum absolute atomic E-state index is 13.6. The summed E-state index contributed by atoms with van der Waals surface area (Å²) in [6.45, 7) is 1.84. The van der Waals surface area contributed by atoms with E-state index in [1.807, 2.05) is 13.0 Å². The Balaban J connectivity index is 2.30. The number of benzene rings is 2. The Kier molecular flexibility index (Phi) is 4.57. The molecule has 0 heterocycles. The number of nitrogens with one attached hydrogen (secondary N) is 1. The summed E-state index contributed by atoms with van der Waals surface area (Å²) in [5.74, 6) is -0.782. The summed E-state index contributed by atoms with van der Waals surface area (Å²) in [5, 5.41) is 2.59. The normalized spacial score (nSPS) is 10.3. The van der Waals surface area contributed by atoms with Crippen molar-refractivity contribution in [1.29, 1.82) is 0 Å². The van der Waals surface area contributed by atoms with E-state index in [0.29, 0.717) is 10.0 Å². The Labute approximate surface area is 132 Å². The summed E-state index contributed by atoms with van der Waals surface area (Å²) in [6, 6.07) is 10.0. The lowest BCUT2D eigenvalue weighted by Crippen LogP contribution is -2.14. The van der Waals surface area contributed by atoms with Crippen LogP contribution in [0.5, 0.6) is 0 Å². The lowest BCUT2D eigenvalue weighted by atomic mass is 10.2. The standard InChI is InChI=1S/C14H10BrFINO/c1-8-2-5-12(16)13(6-8)18-14(19)10-7-9(17)3-4-11(10)15/h2-7H,1H3,(H,18,19). The first-order chi connectivity index (χ1) is 8.97. The molecule has 0 saturated carbocycles. The van der Waals surface area contributed by atoms with E-state index >= 15 is 0 Å². The maximum Gasteiger partial charge on any atom is 0.256 e. The minimum Gasteiger partial charge on any atom is -0.319 e. The Morgan fingerprint density at radius 2 is 2.00 bits per heavy atom. The van der Waals surface area contributed by atoms with E-state index in [1.165, 1.54) is 6.07 Å². The van der Waals surface area contributed by atoms with Crippen LogP contribution in [0.2, 0.25) is 0 Å². The van der Waals surface area contributed by atoms with Gasteiger partial charge in [0.1, 0.15) is 5.82 Å². The molecule has 1 N–H and O–H groups in total. The monoisotopic (exact) mass is 433 g/mol. The average Bonchev–Trinajstić information content (AvgIpc) is 2.36. The summed E-state index contributed by atoms with van der Waals surface area (Å²) < 4.78 is 15.2. The van der Waals surface area contributed by atoms with Crippen LogP contribution in [0, 0.1) is 16.3 Å². The van der Waals surface area contributed by atoms with Crippen molar-refractivity contribution >= 4 is 50.1 Å². The van der Waals surface area contributed by atoms with Crippen molar-refractivity contribution in [3.63, 3.8) is 0 Å². The van der Waals surface area contributed by atoms with Gasteiger partial charge in [-0.2, -0.15) is 0 Å². The molecule has 0 atom stereocenters. The zero-order chi connectivity index (χ0) is 14.0. The van der Waals surface area contributed by atoms with Crippen LogP contribution in [-0.2, 0) is 0 Å². The zero-order valence-corrected chi connectivity index (χ0v) is 13.7. The SMILES string of the molecule is Cc1ccc(F)c(NC(=O)c2cc(I)ccc2Br)c1. The third-order valence-corrected chi connectivity index (χ3v) is 3.91. The van der Waals surface area contributed by atoms with Crippen LogP contribution in [0.15, 0.2) is 40.9 Å². The molecule has 1 amide bonds. The molecule has 0 aliphatic carbocycles. The van der Waals surface area contributed by atoms with Gasteiger partial charge in [0.25, 0.3) is 5.91 Å². The van der Waals surface area contributed by atoms with E-state index in [-0.39, 0.29) is 11.6 Å². The lowest BCUT2D eigenvalue weighted by molar-refractivity contribution is 0.102. The lowest BCUT2D eigenvalue weighted by Gasteiger charge is -2.09. The van der Waals surface area contributed by atoms with Gasteiger partial charge in [0, 0.05) is 8.04 Å². The number of hydrogen-bond donors (Lipinski definition) is 1. The third-order valence-electron chi connectivity index (χ3n) is 2.54. The maximum atomic E-state index is 13.6. The highest BCUT2D eigenvalue weighted by Gasteiger charge is 2.13. The van der Waals surface area contributed by atoms with Crippen LogP contribution in [0.25, 0.3) is 0 Å². The predicted octanol–water partition coefficient (Wildman–Crippen LogP) is 4.75. The van der Waals surface area contributed by atoms with Gasteiger partial charge < -0.3 is 5.32 Å². The van der Waals surface area contributed by atoms with E-state index < -0.39 is 5.82 Å². The summed E-state index contributed by atoms with van der Waals surface area (Å²) in [7, 11) is 0. The van der Waals surface area contributed by atoms with Gasteiger partial charge in [-0.1, -0.05) is 6.07 Å². The van der Waals surface area contributed by atoms with Crippen molar-refractivity contribution in [2.24, 2.45) is 0 Å². The smallest absolute Gasteiger partial charge is 0.256 e. The fourth-order valence-corrected chi connectivity index (χ4v) is 2.51. The van der Waals surface area contributed by atoms with E-state index in [4.69, 9.17) is 0 Å². The van der Waals surface area contributed by atoms with Gasteiger partial charge in [-0.3, -0.25) is 4.79 Å². The largest absolute Gasteiger partial charge is 0.319 e. The molecule has 0 radical (unpaired) electrons. The van der Waals surface area contributed by atoms with Gasteiger partial charge in [-0.05, 0) is 81.3 Å². The first kappa shape index (κ1) is 14.5. The Hall–Kier alpha value is -0.950. The molecular formula is C14H10BrFINO. The molecule has 0 unspecified atom stereocenters. The van der Waals surface area contributed by atoms with Gasteiger partial charge in [0.05, 0.1) is 11.3 Å². The molecular weight excluding hydrogens is 424 g/mol. The number of halogens is 3. The summed E-state index contributed by atoms with van der Waals surface area (Å²) in [6.07, 6.45) is 0. The molecule has 19 heavy (non-hydrogen) atoms. The van der Waals surface area contributed by atoms with Crippen molar-refractivity contribution in [2.45, 2.75) is 6.92 Å². The summed E-state index contributed by atoms with van der Waals surface area (Å²) in [4.78, 5) is 12.1. The molecule has 0 saturated heterocycles. The minimum atomic E-state index is -0.444. The Morgan fingerprint density at radius 3 is 2.74 bits per heavy atom. The molecule has 98 valence electrons. The van der Waals surface area contributed by atoms with Gasteiger partial charge in [0.2, 0.25) is 0 Å².